The van der Waals surface area contributed by atoms with Crippen molar-refractivity contribution in [3.63, 3.8) is 0 Å². The first-order valence-electron chi connectivity index (χ1n) is 6.35. The van der Waals surface area contributed by atoms with Crippen LogP contribution in [0.15, 0.2) is 47.2 Å². The average Bonchev–Trinajstić information content (AvgIpc) is 2.44. The highest BCUT2D eigenvalue weighted by Crippen LogP contribution is 2.19. The number of urea groups is 1. The lowest BCUT2D eigenvalue weighted by Gasteiger charge is -2.08. The number of amides is 2. The number of hydrogen-bond donors (Lipinski definition) is 2. The third kappa shape index (κ3) is 4.35. The van der Waals surface area contributed by atoms with Gasteiger partial charge in [-0.05, 0) is 48.7 Å². The predicted molar refractivity (Wildman–Crippen MR) is 83.8 cm³/mol. The molecule has 0 bridgehead atoms. The zero-order chi connectivity index (χ0) is 14.4. The van der Waals surface area contributed by atoms with E-state index in [4.69, 9.17) is 0 Å². The molecule has 0 aliphatic heterocycles. The van der Waals surface area contributed by atoms with Gasteiger partial charge in [0.2, 0.25) is 0 Å². The van der Waals surface area contributed by atoms with E-state index in [1.54, 1.807) is 12.4 Å². The monoisotopic (exact) mass is 333 g/mol. The van der Waals surface area contributed by atoms with Crippen LogP contribution in [0.2, 0.25) is 0 Å². The number of benzene rings is 1. The van der Waals surface area contributed by atoms with E-state index in [2.05, 4.69) is 31.5 Å². The van der Waals surface area contributed by atoms with Gasteiger partial charge >= 0.3 is 6.03 Å². The molecule has 2 rings (SSSR count). The lowest BCUT2D eigenvalue weighted by molar-refractivity contribution is 0.252. The van der Waals surface area contributed by atoms with E-state index in [1.807, 2.05) is 37.3 Å². The summed E-state index contributed by atoms with van der Waals surface area (Å²) < 4.78 is 1.03. The highest BCUT2D eigenvalue weighted by Gasteiger charge is 2.03. The van der Waals surface area contributed by atoms with Crippen LogP contribution in [0.25, 0.3) is 0 Å². The Labute approximate surface area is 126 Å². The zero-order valence-electron chi connectivity index (χ0n) is 11.2. The number of carbonyl (C=O) groups excluding carboxylic acids is 1. The Morgan fingerprint density at radius 3 is 2.90 bits per heavy atom. The summed E-state index contributed by atoms with van der Waals surface area (Å²) in [5.74, 6) is 0. The van der Waals surface area contributed by atoms with E-state index in [1.165, 1.54) is 0 Å². The SMILES string of the molecule is Cc1cc(NC(=O)NCCc2cccnc2)ccc1Br. The third-order valence-electron chi connectivity index (χ3n) is 2.84. The largest absolute Gasteiger partial charge is 0.338 e. The standard InChI is InChI=1S/C15H16BrN3O/c1-11-9-13(4-5-14(11)16)19-15(20)18-8-6-12-3-2-7-17-10-12/h2-5,7,9-10H,6,8H2,1H3,(H2,18,19,20). The Kier molecular flexibility index (Phi) is 5.12. The minimum atomic E-state index is -0.199. The molecule has 0 radical (unpaired) electrons. The van der Waals surface area contributed by atoms with Crippen LogP contribution in [0.1, 0.15) is 11.1 Å². The summed E-state index contributed by atoms with van der Waals surface area (Å²) in [5.41, 5.74) is 2.97. The summed E-state index contributed by atoms with van der Waals surface area (Å²) in [5, 5.41) is 5.63. The Balaban J connectivity index is 1.79. The van der Waals surface area contributed by atoms with Crippen LogP contribution in [0.3, 0.4) is 0 Å². The number of hydrogen-bond acceptors (Lipinski definition) is 2. The van der Waals surface area contributed by atoms with Crippen LogP contribution < -0.4 is 10.6 Å². The molecule has 0 saturated heterocycles. The number of nitrogens with zero attached hydrogens (tertiary/aromatic N) is 1. The molecule has 20 heavy (non-hydrogen) atoms. The summed E-state index contributed by atoms with van der Waals surface area (Å²) >= 11 is 3.43. The zero-order valence-corrected chi connectivity index (χ0v) is 12.8. The van der Waals surface area contributed by atoms with Crippen molar-refractivity contribution in [2.75, 3.05) is 11.9 Å². The molecule has 1 aromatic carbocycles. The highest BCUT2D eigenvalue weighted by atomic mass is 79.9. The number of carbonyl (C=O) groups is 1. The van der Waals surface area contributed by atoms with Crippen molar-refractivity contribution in [1.82, 2.24) is 10.3 Å². The van der Waals surface area contributed by atoms with E-state index < -0.39 is 0 Å². The molecule has 0 saturated carbocycles. The fraction of sp³-hybridized carbons (Fsp3) is 0.200. The molecule has 1 heterocycles. The molecular formula is C15H16BrN3O. The maximum Gasteiger partial charge on any atom is 0.319 e. The van der Waals surface area contributed by atoms with Gasteiger partial charge in [0.05, 0.1) is 0 Å². The molecule has 104 valence electrons. The Hall–Kier alpha value is -1.88. The van der Waals surface area contributed by atoms with Gasteiger partial charge in [-0.1, -0.05) is 22.0 Å². The first-order valence-corrected chi connectivity index (χ1v) is 7.14. The van der Waals surface area contributed by atoms with Crippen LogP contribution in [0.5, 0.6) is 0 Å². The van der Waals surface area contributed by atoms with Crippen molar-refractivity contribution >= 4 is 27.6 Å². The van der Waals surface area contributed by atoms with Crippen LogP contribution in [-0.4, -0.2) is 17.6 Å². The molecule has 0 spiro atoms. The summed E-state index contributed by atoms with van der Waals surface area (Å²) in [4.78, 5) is 15.8. The first kappa shape index (κ1) is 14.5. The number of anilines is 1. The van der Waals surface area contributed by atoms with Crippen LogP contribution in [0.4, 0.5) is 10.5 Å². The average molecular weight is 334 g/mol. The lowest BCUT2D eigenvalue weighted by Crippen LogP contribution is -2.30. The Morgan fingerprint density at radius 2 is 2.20 bits per heavy atom. The van der Waals surface area contributed by atoms with Gasteiger partial charge in [0.15, 0.2) is 0 Å². The summed E-state index contributed by atoms with van der Waals surface area (Å²) in [6.45, 7) is 2.56. The Bertz CT molecular complexity index is 587. The number of rotatable bonds is 4. The fourth-order valence-electron chi connectivity index (χ4n) is 1.76. The van der Waals surface area contributed by atoms with Gasteiger partial charge < -0.3 is 10.6 Å². The molecule has 0 unspecified atom stereocenters. The van der Waals surface area contributed by atoms with Crippen LogP contribution in [-0.2, 0) is 6.42 Å². The molecule has 0 atom stereocenters. The smallest absolute Gasteiger partial charge is 0.319 e. The molecule has 0 aliphatic carbocycles. The minimum Gasteiger partial charge on any atom is -0.338 e. The van der Waals surface area contributed by atoms with Gasteiger partial charge in [0.1, 0.15) is 0 Å². The van der Waals surface area contributed by atoms with Crippen molar-refractivity contribution < 1.29 is 4.79 Å². The molecule has 0 fully saturated rings. The fourth-order valence-corrected chi connectivity index (χ4v) is 2.01. The van der Waals surface area contributed by atoms with Crippen molar-refractivity contribution in [3.8, 4) is 0 Å². The second-order valence-electron chi connectivity index (χ2n) is 4.46. The van der Waals surface area contributed by atoms with Crippen molar-refractivity contribution in [2.45, 2.75) is 13.3 Å². The summed E-state index contributed by atoms with van der Waals surface area (Å²) in [6.07, 6.45) is 4.30. The molecule has 0 aliphatic rings. The number of aromatic nitrogens is 1. The minimum absolute atomic E-state index is 0.199. The maximum atomic E-state index is 11.7. The van der Waals surface area contributed by atoms with Gasteiger partial charge in [0, 0.05) is 29.1 Å². The topological polar surface area (TPSA) is 54.0 Å². The first-order chi connectivity index (χ1) is 9.65. The van der Waals surface area contributed by atoms with E-state index in [0.717, 1.165) is 27.7 Å². The number of pyridine rings is 1. The molecule has 2 amide bonds. The second kappa shape index (κ2) is 7.05. The van der Waals surface area contributed by atoms with Crippen molar-refractivity contribution in [1.29, 1.82) is 0 Å². The molecule has 1 aromatic heterocycles. The van der Waals surface area contributed by atoms with Crippen molar-refractivity contribution in [2.24, 2.45) is 0 Å². The second-order valence-corrected chi connectivity index (χ2v) is 5.31. The van der Waals surface area contributed by atoms with Gasteiger partial charge in [-0.25, -0.2) is 4.79 Å². The molecule has 2 aromatic rings. The van der Waals surface area contributed by atoms with Gasteiger partial charge in [-0.15, -0.1) is 0 Å². The molecule has 4 nitrogen and oxygen atoms in total. The van der Waals surface area contributed by atoms with Gasteiger partial charge in [-0.3, -0.25) is 4.98 Å². The number of aryl methyl sites for hydroxylation is 1. The predicted octanol–water partition coefficient (Wildman–Crippen LogP) is 3.52. The molecule has 2 N–H and O–H groups in total. The highest BCUT2D eigenvalue weighted by molar-refractivity contribution is 9.10. The summed E-state index contributed by atoms with van der Waals surface area (Å²) in [6, 6.07) is 9.38. The quantitative estimate of drug-likeness (QED) is 0.899. The number of halogens is 1. The van der Waals surface area contributed by atoms with Crippen LogP contribution in [0, 0.1) is 6.92 Å². The lowest BCUT2D eigenvalue weighted by atomic mass is 10.2. The van der Waals surface area contributed by atoms with E-state index in [-0.39, 0.29) is 6.03 Å². The van der Waals surface area contributed by atoms with E-state index >= 15 is 0 Å². The normalized spacial score (nSPS) is 10.1. The van der Waals surface area contributed by atoms with E-state index in [9.17, 15) is 4.79 Å². The van der Waals surface area contributed by atoms with Crippen LogP contribution >= 0.6 is 15.9 Å². The molecular weight excluding hydrogens is 318 g/mol. The number of nitrogens with one attached hydrogen (secondary N) is 2. The maximum absolute atomic E-state index is 11.7. The third-order valence-corrected chi connectivity index (χ3v) is 3.73. The Morgan fingerprint density at radius 1 is 1.35 bits per heavy atom. The van der Waals surface area contributed by atoms with E-state index in [0.29, 0.717) is 6.54 Å². The summed E-state index contributed by atoms with van der Waals surface area (Å²) in [7, 11) is 0. The van der Waals surface area contributed by atoms with Gasteiger partial charge in [-0.2, -0.15) is 0 Å². The molecule has 5 heteroatoms. The van der Waals surface area contributed by atoms with Gasteiger partial charge in [0.25, 0.3) is 0 Å². The van der Waals surface area contributed by atoms with Crippen molar-refractivity contribution in [3.05, 3.63) is 58.3 Å².